The van der Waals surface area contributed by atoms with Crippen LogP contribution in [0.25, 0.3) is 0 Å². The van der Waals surface area contributed by atoms with Gasteiger partial charge in [-0.1, -0.05) is 30.3 Å². The Hall–Kier alpha value is -2.44. The van der Waals surface area contributed by atoms with E-state index < -0.39 is 0 Å². The Morgan fingerprint density at radius 1 is 1.12 bits per heavy atom. The minimum absolute atomic E-state index is 0. The van der Waals surface area contributed by atoms with Crippen LogP contribution in [0, 0.1) is 0 Å². The summed E-state index contributed by atoms with van der Waals surface area (Å²) >= 11 is 1.46. The predicted octanol–water partition coefficient (Wildman–Crippen LogP) is 2.41. The first-order valence-electron chi connectivity index (χ1n) is 7.57. The molecule has 5 nitrogen and oxygen atoms in total. The lowest BCUT2D eigenvalue weighted by molar-refractivity contribution is -0.00000514. The summed E-state index contributed by atoms with van der Waals surface area (Å²) in [7, 11) is 3.57. The molecule has 1 heterocycles. The summed E-state index contributed by atoms with van der Waals surface area (Å²) in [5.74, 6) is 0. The van der Waals surface area contributed by atoms with Crippen LogP contribution >= 0.6 is 11.3 Å². The molecule has 0 saturated heterocycles. The van der Waals surface area contributed by atoms with E-state index in [4.69, 9.17) is 4.74 Å². The molecule has 0 bridgehead atoms. The van der Waals surface area contributed by atoms with Crippen molar-refractivity contribution in [1.82, 2.24) is 4.57 Å². The lowest BCUT2D eigenvalue weighted by Crippen LogP contribution is -3.00. The number of hydrogen-bond donors (Lipinski definition) is 1. The number of nitrogens with one attached hydrogen (secondary N) is 1. The van der Waals surface area contributed by atoms with E-state index in [0.29, 0.717) is 0 Å². The van der Waals surface area contributed by atoms with Crippen molar-refractivity contribution in [2.75, 3.05) is 12.4 Å². The molecule has 25 heavy (non-hydrogen) atoms. The molecule has 3 aromatic rings. The van der Waals surface area contributed by atoms with Gasteiger partial charge in [-0.15, -0.1) is 5.11 Å². The number of rotatable bonds is 6. The van der Waals surface area contributed by atoms with E-state index in [2.05, 4.69) is 27.7 Å². The van der Waals surface area contributed by atoms with Gasteiger partial charge in [0.15, 0.2) is 0 Å². The predicted molar refractivity (Wildman–Crippen MR) is 98.6 cm³/mol. The van der Waals surface area contributed by atoms with Gasteiger partial charge in [-0.25, -0.2) is 4.57 Å². The van der Waals surface area contributed by atoms with Crippen LogP contribution in [0.15, 0.2) is 71.0 Å². The molecule has 0 radical (unpaired) electrons. The van der Waals surface area contributed by atoms with Gasteiger partial charge in [0, 0.05) is 19.3 Å². The standard InChI is InChI=1S/C18H19N4OS.ClH/c1-22-13-17(23-2)24-18(22)21-20-16-10-8-15(9-11-16)19-12-14-6-4-3-5-7-14;/h3-11,13,19H,12H2,1-2H3;1H/q+1;/p-1. The Balaban J connectivity index is 0.00000225. The number of ether oxygens (including phenoxy) is 1. The molecule has 0 atom stereocenters. The minimum atomic E-state index is 0. The highest BCUT2D eigenvalue weighted by Crippen LogP contribution is 2.31. The largest absolute Gasteiger partial charge is 1.00 e. The second-order valence-electron chi connectivity index (χ2n) is 5.23. The first kappa shape index (κ1) is 18.9. The van der Waals surface area contributed by atoms with Crippen molar-refractivity contribution >= 4 is 27.8 Å². The molecule has 1 aromatic heterocycles. The third kappa shape index (κ3) is 5.27. The molecule has 0 spiro atoms. The molecule has 0 unspecified atom stereocenters. The molecule has 0 aliphatic rings. The maximum absolute atomic E-state index is 5.19. The lowest BCUT2D eigenvalue weighted by Gasteiger charge is -2.06. The molecule has 130 valence electrons. The van der Waals surface area contributed by atoms with Crippen LogP contribution in [0.4, 0.5) is 16.5 Å². The van der Waals surface area contributed by atoms with Crippen molar-refractivity contribution in [3.05, 3.63) is 66.4 Å². The SMILES string of the molecule is COc1cn(C)[c+](N=Nc2ccc(NCc3ccccc3)cc2)s1.[Cl-]. The Labute approximate surface area is 157 Å². The van der Waals surface area contributed by atoms with Gasteiger partial charge >= 0.3 is 10.2 Å². The summed E-state index contributed by atoms with van der Waals surface area (Å²) in [5.41, 5.74) is 3.12. The van der Waals surface area contributed by atoms with Crippen molar-refractivity contribution in [2.24, 2.45) is 17.3 Å². The molecule has 0 amide bonds. The zero-order valence-corrected chi connectivity index (χ0v) is 15.6. The maximum Gasteiger partial charge on any atom is 0.345 e. The minimum Gasteiger partial charge on any atom is -1.00 e. The molecule has 3 rings (SSSR count). The number of nitrogens with zero attached hydrogens (tertiary/aromatic N) is 3. The van der Waals surface area contributed by atoms with E-state index >= 15 is 0 Å². The van der Waals surface area contributed by atoms with Crippen LogP contribution in [0.2, 0.25) is 0 Å². The fourth-order valence-corrected chi connectivity index (χ4v) is 2.89. The van der Waals surface area contributed by atoms with Crippen LogP contribution in [0.3, 0.4) is 0 Å². The van der Waals surface area contributed by atoms with Gasteiger partial charge in [0.25, 0.3) is 0 Å². The summed E-state index contributed by atoms with van der Waals surface area (Å²) in [4.78, 5) is 0. The van der Waals surface area contributed by atoms with Crippen molar-refractivity contribution in [2.45, 2.75) is 6.54 Å². The third-order valence-corrected chi connectivity index (χ3v) is 4.48. The first-order valence-corrected chi connectivity index (χ1v) is 8.39. The molecule has 1 N–H and O–H groups in total. The summed E-state index contributed by atoms with van der Waals surface area (Å²) in [6.45, 7) is 0.798. The van der Waals surface area contributed by atoms with E-state index in [1.54, 1.807) is 7.11 Å². The number of azo groups is 1. The quantitative estimate of drug-likeness (QED) is 0.532. The summed E-state index contributed by atoms with van der Waals surface area (Å²) in [5, 5.41) is 13.5. The normalized spacial score (nSPS) is 10.5. The van der Waals surface area contributed by atoms with Crippen molar-refractivity contribution in [3.63, 3.8) is 0 Å². The Morgan fingerprint density at radius 2 is 1.84 bits per heavy atom. The van der Waals surface area contributed by atoms with E-state index in [0.717, 1.165) is 28.1 Å². The third-order valence-electron chi connectivity index (χ3n) is 3.45. The first-order chi connectivity index (χ1) is 11.7. The molecule has 2 aromatic carbocycles. The van der Waals surface area contributed by atoms with Crippen molar-refractivity contribution in [1.29, 1.82) is 0 Å². The van der Waals surface area contributed by atoms with E-state index in [1.165, 1.54) is 16.9 Å². The summed E-state index contributed by atoms with van der Waals surface area (Å²) in [6.07, 6.45) is 1.88. The van der Waals surface area contributed by atoms with Gasteiger partial charge in [-0.2, -0.15) is 0 Å². The van der Waals surface area contributed by atoms with Gasteiger partial charge in [0.05, 0.1) is 24.1 Å². The average Bonchev–Trinajstić information content (AvgIpc) is 3.00. The second-order valence-corrected chi connectivity index (χ2v) is 6.21. The van der Waals surface area contributed by atoms with E-state index in [1.807, 2.05) is 60.3 Å². The van der Waals surface area contributed by atoms with Crippen LogP contribution in [-0.4, -0.2) is 11.7 Å². The monoisotopic (exact) mass is 374 g/mol. The van der Waals surface area contributed by atoms with Crippen LogP contribution in [0.5, 0.6) is 5.06 Å². The van der Waals surface area contributed by atoms with Crippen LogP contribution in [0.1, 0.15) is 5.56 Å². The van der Waals surface area contributed by atoms with Crippen molar-refractivity contribution in [3.8, 4) is 5.06 Å². The van der Waals surface area contributed by atoms with Gasteiger partial charge in [0.2, 0.25) is 6.20 Å². The highest BCUT2D eigenvalue weighted by Gasteiger charge is 2.14. The second kappa shape index (κ2) is 9.15. The van der Waals surface area contributed by atoms with Gasteiger partial charge in [-0.05, 0) is 34.9 Å². The Bertz CT molecular complexity index is 819. The molecule has 7 heteroatoms. The Kier molecular flexibility index (Phi) is 6.91. The molecular formula is C18H19ClN4OS. The van der Waals surface area contributed by atoms with E-state index in [-0.39, 0.29) is 12.4 Å². The molecule has 0 aliphatic carbocycles. The van der Waals surface area contributed by atoms with Gasteiger partial charge in [0.1, 0.15) is 0 Å². The number of methoxy groups -OCH3 is 1. The summed E-state index contributed by atoms with van der Waals surface area (Å²) < 4.78 is 7.09. The Morgan fingerprint density at radius 3 is 2.48 bits per heavy atom. The lowest BCUT2D eigenvalue weighted by atomic mass is 10.2. The summed E-state index contributed by atoms with van der Waals surface area (Å²) in [6, 6.07) is 18.2. The highest BCUT2D eigenvalue weighted by atomic mass is 35.5. The number of anilines is 1. The number of benzene rings is 2. The van der Waals surface area contributed by atoms with Crippen LogP contribution < -0.4 is 22.5 Å². The van der Waals surface area contributed by atoms with Crippen LogP contribution in [-0.2, 0) is 13.6 Å². The smallest absolute Gasteiger partial charge is 0.345 e. The molecule has 0 aliphatic heterocycles. The average molecular weight is 375 g/mol. The number of hydrogen-bond acceptors (Lipinski definition) is 5. The fraction of sp³-hybridized carbons (Fsp3) is 0.167. The number of aryl methyl sites for hydroxylation is 1. The topological polar surface area (TPSA) is 50.9 Å². The highest BCUT2D eigenvalue weighted by molar-refractivity contribution is 7.17. The number of aromatic nitrogens is 1. The molecule has 0 saturated carbocycles. The van der Waals surface area contributed by atoms with Gasteiger partial charge in [-0.3, -0.25) is 0 Å². The van der Waals surface area contributed by atoms with Crippen molar-refractivity contribution < 1.29 is 17.1 Å². The van der Waals surface area contributed by atoms with Gasteiger partial charge < -0.3 is 22.5 Å². The maximum atomic E-state index is 5.19. The van der Waals surface area contributed by atoms with E-state index in [9.17, 15) is 0 Å². The fourth-order valence-electron chi connectivity index (χ4n) is 2.13. The molecule has 0 fully saturated rings. The zero-order chi connectivity index (χ0) is 16.8. The number of thiazole rings is 1. The number of halogens is 1. The molecular weight excluding hydrogens is 356 g/mol. The zero-order valence-electron chi connectivity index (χ0n) is 14.0.